The molecule has 5 nitrogen and oxygen atoms in total. The van der Waals surface area contributed by atoms with Crippen molar-refractivity contribution in [2.45, 2.75) is 32.3 Å². The number of rotatable bonds is 6. The van der Waals surface area contributed by atoms with Crippen LogP contribution >= 0.6 is 11.3 Å². The Morgan fingerprint density at radius 1 is 1.14 bits per heavy atom. The van der Waals surface area contributed by atoms with Gasteiger partial charge in [-0.15, -0.1) is 11.3 Å². The van der Waals surface area contributed by atoms with E-state index < -0.39 is 5.41 Å². The van der Waals surface area contributed by atoms with Crippen LogP contribution in [0.5, 0.6) is 0 Å². The lowest BCUT2D eigenvalue weighted by atomic mass is 9.79. The van der Waals surface area contributed by atoms with Crippen LogP contribution in [0.3, 0.4) is 0 Å². The van der Waals surface area contributed by atoms with Gasteiger partial charge < -0.3 is 9.26 Å². The molecule has 0 amide bonds. The zero-order chi connectivity index (χ0) is 19.6. The number of nitrogens with zero attached hydrogens (tertiary/aromatic N) is 2. The minimum Gasteiger partial charge on any atom is -0.457 e. The van der Waals surface area contributed by atoms with Crippen LogP contribution in [-0.4, -0.2) is 16.1 Å². The maximum Gasteiger partial charge on any atom is 0.317 e. The first-order valence-electron chi connectivity index (χ1n) is 9.04. The van der Waals surface area contributed by atoms with Crippen molar-refractivity contribution in [3.63, 3.8) is 0 Å². The first-order chi connectivity index (χ1) is 13.5. The highest BCUT2D eigenvalue weighted by atomic mass is 32.1. The molecule has 142 valence electrons. The zero-order valence-corrected chi connectivity index (χ0v) is 16.5. The van der Waals surface area contributed by atoms with Crippen LogP contribution in [0.4, 0.5) is 0 Å². The van der Waals surface area contributed by atoms with E-state index >= 15 is 0 Å². The highest BCUT2D eigenvalue weighted by molar-refractivity contribution is 7.18. The number of thiazole rings is 1. The van der Waals surface area contributed by atoms with Crippen LogP contribution in [0.1, 0.15) is 28.9 Å². The van der Waals surface area contributed by atoms with Gasteiger partial charge in [-0.3, -0.25) is 4.79 Å². The van der Waals surface area contributed by atoms with Crippen LogP contribution in [0.25, 0.3) is 10.2 Å². The molecule has 2 aromatic carbocycles. The molecular weight excluding hydrogens is 372 g/mol. The predicted octanol–water partition coefficient (Wildman–Crippen LogP) is 4.84. The second-order valence-electron chi connectivity index (χ2n) is 6.96. The number of carbonyl (C=O) groups excluding carboxylic acids is 1. The Labute approximate surface area is 167 Å². The molecule has 0 saturated heterocycles. The van der Waals surface area contributed by atoms with Crippen LogP contribution in [-0.2, 0) is 28.0 Å². The van der Waals surface area contributed by atoms with Gasteiger partial charge in [0.05, 0.1) is 26.3 Å². The molecule has 0 spiro atoms. The lowest BCUT2D eigenvalue weighted by Gasteiger charge is -2.27. The van der Waals surface area contributed by atoms with Gasteiger partial charge in [0.15, 0.2) is 12.4 Å². The Morgan fingerprint density at radius 3 is 2.61 bits per heavy atom. The number of hydrogen-bond acceptors (Lipinski definition) is 6. The molecule has 0 aliphatic carbocycles. The lowest BCUT2D eigenvalue weighted by molar-refractivity contribution is -0.152. The number of ether oxygens (including phenoxy) is 1. The van der Waals surface area contributed by atoms with Crippen molar-refractivity contribution >= 4 is 27.5 Å². The maximum absolute atomic E-state index is 13.2. The van der Waals surface area contributed by atoms with Gasteiger partial charge >= 0.3 is 5.97 Å². The fourth-order valence-corrected chi connectivity index (χ4v) is 4.30. The minimum atomic E-state index is -0.857. The van der Waals surface area contributed by atoms with E-state index in [-0.39, 0.29) is 12.6 Å². The van der Waals surface area contributed by atoms with Crippen molar-refractivity contribution in [3.8, 4) is 0 Å². The van der Waals surface area contributed by atoms with Gasteiger partial charge in [0.25, 0.3) is 0 Å². The van der Waals surface area contributed by atoms with Crippen LogP contribution in [0.2, 0.25) is 0 Å². The third-order valence-electron chi connectivity index (χ3n) is 4.73. The molecule has 0 bridgehead atoms. The van der Waals surface area contributed by atoms with Gasteiger partial charge in [0, 0.05) is 12.5 Å². The van der Waals surface area contributed by atoms with E-state index in [1.54, 1.807) is 17.4 Å². The zero-order valence-electron chi connectivity index (χ0n) is 15.7. The van der Waals surface area contributed by atoms with Crippen molar-refractivity contribution in [2.24, 2.45) is 0 Å². The molecule has 1 atom stereocenters. The molecule has 28 heavy (non-hydrogen) atoms. The van der Waals surface area contributed by atoms with Crippen LogP contribution in [0.15, 0.2) is 65.2 Å². The van der Waals surface area contributed by atoms with E-state index in [2.05, 4.69) is 5.16 Å². The summed E-state index contributed by atoms with van der Waals surface area (Å²) < 4.78 is 11.9. The molecule has 0 aliphatic rings. The monoisotopic (exact) mass is 392 g/mol. The summed E-state index contributed by atoms with van der Waals surface area (Å²) in [4.78, 5) is 17.9. The third-order valence-corrected chi connectivity index (χ3v) is 5.76. The molecule has 4 rings (SSSR count). The van der Waals surface area contributed by atoms with Crippen molar-refractivity contribution in [2.75, 3.05) is 0 Å². The summed E-state index contributed by atoms with van der Waals surface area (Å²) in [5, 5.41) is 4.74. The van der Waals surface area contributed by atoms with Gasteiger partial charge in [-0.25, -0.2) is 4.98 Å². The summed E-state index contributed by atoms with van der Waals surface area (Å²) >= 11 is 1.61. The van der Waals surface area contributed by atoms with Gasteiger partial charge in [-0.1, -0.05) is 47.6 Å². The Kier molecular flexibility index (Phi) is 4.96. The SMILES string of the molecule is Cc1cc(COC(=O)[C@](C)(Cc2nc3ccccc3s2)c2ccccc2)on1. The second-order valence-corrected chi connectivity index (χ2v) is 8.08. The molecule has 0 radical (unpaired) electrons. The quantitative estimate of drug-likeness (QED) is 0.440. The topological polar surface area (TPSA) is 65.2 Å². The van der Waals surface area contributed by atoms with Gasteiger partial charge in [-0.05, 0) is 31.5 Å². The number of aromatic nitrogens is 2. The van der Waals surface area contributed by atoms with Crippen molar-refractivity contribution in [1.82, 2.24) is 10.1 Å². The van der Waals surface area contributed by atoms with Gasteiger partial charge in [0.1, 0.15) is 0 Å². The van der Waals surface area contributed by atoms with Crippen LogP contribution in [0, 0.1) is 6.92 Å². The largest absolute Gasteiger partial charge is 0.457 e. The summed E-state index contributed by atoms with van der Waals surface area (Å²) in [6.45, 7) is 3.79. The maximum atomic E-state index is 13.2. The molecule has 0 N–H and O–H groups in total. The number of benzene rings is 2. The summed E-state index contributed by atoms with van der Waals surface area (Å²) in [6, 6.07) is 19.5. The van der Waals surface area contributed by atoms with Gasteiger partial charge in [0.2, 0.25) is 0 Å². The summed E-state index contributed by atoms with van der Waals surface area (Å²) in [5.41, 5.74) is 1.74. The van der Waals surface area contributed by atoms with Crippen molar-refractivity contribution in [3.05, 3.63) is 82.7 Å². The number of fused-ring (bicyclic) bond motifs is 1. The number of hydrogen-bond donors (Lipinski definition) is 0. The van der Waals surface area contributed by atoms with E-state index in [0.717, 1.165) is 26.5 Å². The normalized spacial score (nSPS) is 13.4. The number of esters is 1. The standard InChI is InChI=1S/C22H20N2O3S/c1-15-12-17(27-24-15)14-26-21(25)22(2,16-8-4-3-5-9-16)13-20-23-18-10-6-7-11-19(18)28-20/h3-12H,13-14H2,1-2H3/t22-/m1/s1. The lowest BCUT2D eigenvalue weighted by Crippen LogP contribution is -2.36. The highest BCUT2D eigenvalue weighted by Gasteiger charge is 2.38. The average molecular weight is 392 g/mol. The van der Waals surface area contributed by atoms with E-state index in [1.165, 1.54) is 0 Å². The van der Waals surface area contributed by atoms with E-state index in [9.17, 15) is 4.79 Å². The summed E-state index contributed by atoms with van der Waals surface area (Å²) in [7, 11) is 0. The molecule has 4 aromatic rings. The molecule has 0 fully saturated rings. The van der Waals surface area contributed by atoms with E-state index in [0.29, 0.717) is 12.2 Å². The van der Waals surface area contributed by atoms with Gasteiger partial charge in [-0.2, -0.15) is 0 Å². The number of aryl methyl sites for hydroxylation is 1. The fourth-order valence-electron chi connectivity index (χ4n) is 3.18. The first kappa shape index (κ1) is 18.4. The molecule has 2 heterocycles. The molecular formula is C22H20N2O3S. The average Bonchev–Trinajstić information content (AvgIpc) is 3.31. The van der Waals surface area contributed by atoms with E-state index in [4.69, 9.17) is 14.2 Å². The van der Waals surface area contributed by atoms with Crippen molar-refractivity contribution < 1.29 is 14.1 Å². The predicted molar refractivity (Wildman–Crippen MR) is 108 cm³/mol. The Morgan fingerprint density at radius 2 is 1.89 bits per heavy atom. The number of carbonyl (C=O) groups is 1. The minimum absolute atomic E-state index is 0.0575. The highest BCUT2D eigenvalue weighted by Crippen LogP contribution is 2.33. The molecule has 0 aliphatic heterocycles. The molecule has 2 aromatic heterocycles. The Bertz CT molecular complexity index is 1070. The first-order valence-corrected chi connectivity index (χ1v) is 9.86. The number of para-hydroxylation sites is 1. The summed E-state index contributed by atoms with van der Waals surface area (Å²) in [6.07, 6.45) is 0.463. The fraction of sp³-hybridized carbons (Fsp3) is 0.227. The van der Waals surface area contributed by atoms with Crippen LogP contribution < -0.4 is 0 Å². The smallest absolute Gasteiger partial charge is 0.317 e. The molecule has 0 unspecified atom stereocenters. The Hall–Kier alpha value is -2.99. The van der Waals surface area contributed by atoms with E-state index in [1.807, 2.05) is 68.4 Å². The molecule has 6 heteroatoms. The third kappa shape index (κ3) is 3.68. The summed E-state index contributed by atoms with van der Waals surface area (Å²) in [5.74, 6) is 0.216. The molecule has 0 saturated carbocycles. The van der Waals surface area contributed by atoms with Crippen molar-refractivity contribution in [1.29, 1.82) is 0 Å². The second kappa shape index (κ2) is 7.56. The Balaban J connectivity index is 1.62.